The van der Waals surface area contributed by atoms with Gasteiger partial charge >= 0.3 is 0 Å². The maximum atomic E-state index is 13.7. The number of aryl methyl sites for hydroxylation is 1. The first-order valence-corrected chi connectivity index (χ1v) is 12.3. The predicted molar refractivity (Wildman–Crippen MR) is 130 cm³/mol. The Hall–Kier alpha value is -3.35. The highest BCUT2D eigenvalue weighted by Crippen LogP contribution is 2.39. The van der Waals surface area contributed by atoms with Crippen LogP contribution in [0.5, 0.6) is 0 Å². The minimum Gasteiger partial charge on any atom is -0.352 e. The highest BCUT2D eigenvalue weighted by Gasteiger charge is 2.54. The van der Waals surface area contributed by atoms with Crippen molar-refractivity contribution >= 4 is 23.4 Å². The maximum Gasteiger partial charge on any atom is 0.253 e. The van der Waals surface area contributed by atoms with Gasteiger partial charge in [0.05, 0.1) is 6.67 Å². The molecule has 178 valence electrons. The second-order valence-corrected chi connectivity index (χ2v) is 9.62. The summed E-state index contributed by atoms with van der Waals surface area (Å²) in [5, 5.41) is 2.99. The van der Waals surface area contributed by atoms with Crippen molar-refractivity contribution in [2.45, 2.75) is 50.6 Å². The van der Waals surface area contributed by atoms with Crippen LogP contribution in [0.4, 0.5) is 5.69 Å². The Bertz CT molecular complexity index is 1060. The maximum absolute atomic E-state index is 13.7. The fourth-order valence-electron chi connectivity index (χ4n) is 5.14. The van der Waals surface area contributed by atoms with Crippen LogP contribution >= 0.6 is 0 Å². The van der Waals surface area contributed by atoms with Crippen LogP contribution in [0.1, 0.15) is 48.5 Å². The molecule has 1 aliphatic carbocycles. The minimum atomic E-state index is -0.732. The Balaban J connectivity index is 1.33. The lowest BCUT2D eigenvalue weighted by Crippen LogP contribution is -2.57. The van der Waals surface area contributed by atoms with Crippen molar-refractivity contribution in [3.63, 3.8) is 0 Å². The standard InChI is InChI=1S/C27H32N4O3/c1-2-20-8-10-21(11-9-20)25(33)29-16-14-27(15-17-29)26(34)30(18-24(32)28-22-12-13-22)19-31(27)23-6-4-3-5-7-23/h3-11,22H,2,12-19H2,1H3,(H,28,32). The van der Waals surface area contributed by atoms with Crippen LogP contribution in [0, 0.1) is 0 Å². The van der Waals surface area contributed by atoms with E-state index in [-0.39, 0.29) is 30.3 Å². The van der Waals surface area contributed by atoms with Gasteiger partial charge in [0.1, 0.15) is 12.1 Å². The lowest BCUT2D eigenvalue weighted by Gasteiger charge is -2.43. The molecule has 7 nitrogen and oxygen atoms in total. The van der Waals surface area contributed by atoms with Crippen LogP contribution in [0.3, 0.4) is 0 Å². The lowest BCUT2D eigenvalue weighted by atomic mass is 9.85. The van der Waals surface area contributed by atoms with Crippen LogP contribution in [0.2, 0.25) is 0 Å². The molecule has 34 heavy (non-hydrogen) atoms. The van der Waals surface area contributed by atoms with Crippen LogP contribution in [-0.4, -0.2) is 65.4 Å². The number of carbonyl (C=O) groups excluding carboxylic acids is 3. The van der Waals surface area contributed by atoms with Crippen molar-refractivity contribution in [1.82, 2.24) is 15.1 Å². The smallest absolute Gasteiger partial charge is 0.253 e. The summed E-state index contributed by atoms with van der Waals surface area (Å²) in [5.74, 6) is -0.0966. The molecule has 2 aliphatic heterocycles. The van der Waals surface area contributed by atoms with E-state index in [0.717, 1.165) is 24.9 Å². The van der Waals surface area contributed by atoms with Crippen LogP contribution in [0.15, 0.2) is 54.6 Å². The summed E-state index contributed by atoms with van der Waals surface area (Å²) in [6.07, 6.45) is 4.06. The Morgan fingerprint density at radius 3 is 2.29 bits per heavy atom. The molecule has 0 bridgehead atoms. The normalized spacial score (nSPS) is 19.6. The van der Waals surface area contributed by atoms with Crippen molar-refractivity contribution in [3.05, 3.63) is 65.7 Å². The van der Waals surface area contributed by atoms with Gasteiger partial charge < -0.3 is 20.0 Å². The van der Waals surface area contributed by atoms with Crippen molar-refractivity contribution in [2.75, 3.05) is 31.2 Å². The molecule has 7 heteroatoms. The molecule has 2 aromatic rings. The minimum absolute atomic E-state index is 0.00915. The van der Waals surface area contributed by atoms with E-state index < -0.39 is 5.54 Å². The molecular weight excluding hydrogens is 428 g/mol. The van der Waals surface area contributed by atoms with Gasteiger partial charge in [-0.05, 0) is 61.9 Å². The number of para-hydroxylation sites is 1. The average Bonchev–Trinajstić information content (AvgIpc) is 3.66. The molecule has 2 heterocycles. The summed E-state index contributed by atoms with van der Waals surface area (Å²) in [4.78, 5) is 45.0. The lowest BCUT2D eigenvalue weighted by molar-refractivity contribution is -0.137. The highest BCUT2D eigenvalue weighted by molar-refractivity contribution is 5.97. The molecule has 2 aromatic carbocycles. The monoisotopic (exact) mass is 460 g/mol. The third-order valence-corrected chi connectivity index (χ3v) is 7.35. The zero-order chi connectivity index (χ0) is 23.7. The van der Waals surface area contributed by atoms with Crippen LogP contribution < -0.4 is 10.2 Å². The summed E-state index contributed by atoms with van der Waals surface area (Å²) in [6.45, 7) is 3.56. The van der Waals surface area contributed by atoms with Crippen LogP contribution in [0.25, 0.3) is 0 Å². The van der Waals surface area contributed by atoms with Crippen molar-refractivity contribution < 1.29 is 14.4 Å². The second kappa shape index (κ2) is 9.12. The molecule has 1 saturated carbocycles. The van der Waals surface area contributed by atoms with E-state index in [9.17, 15) is 14.4 Å². The number of likely N-dealkylation sites (tertiary alicyclic amines) is 1. The van der Waals surface area contributed by atoms with Crippen molar-refractivity contribution in [1.29, 1.82) is 0 Å². The largest absolute Gasteiger partial charge is 0.352 e. The van der Waals surface area contributed by atoms with Gasteiger partial charge in [-0.15, -0.1) is 0 Å². The molecule has 0 radical (unpaired) electrons. The van der Waals surface area contributed by atoms with Gasteiger partial charge in [0.25, 0.3) is 11.8 Å². The number of piperidine rings is 1. The predicted octanol–water partition coefficient (Wildman–Crippen LogP) is 2.81. The van der Waals surface area contributed by atoms with Gasteiger partial charge in [-0.3, -0.25) is 14.4 Å². The quantitative estimate of drug-likeness (QED) is 0.720. The first-order chi connectivity index (χ1) is 16.5. The first-order valence-electron chi connectivity index (χ1n) is 12.3. The second-order valence-electron chi connectivity index (χ2n) is 9.62. The molecule has 0 unspecified atom stereocenters. The summed E-state index contributed by atoms with van der Waals surface area (Å²) in [5.41, 5.74) is 2.12. The fraction of sp³-hybridized carbons (Fsp3) is 0.444. The molecule has 1 spiro atoms. The number of carbonyl (C=O) groups is 3. The molecule has 3 fully saturated rings. The van der Waals surface area contributed by atoms with Gasteiger partial charge in [-0.1, -0.05) is 37.3 Å². The number of anilines is 1. The van der Waals surface area contributed by atoms with Gasteiger partial charge in [0, 0.05) is 30.4 Å². The Kier molecular flexibility index (Phi) is 6.02. The summed E-state index contributed by atoms with van der Waals surface area (Å²) < 4.78 is 0. The average molecular weight is 461 g/mol. The van der Waals surface area contributed by atoms with E-state index in [1.165, 1.54) is 5.56 Å². The van der Waals surface area contributed by atoms with E-state index in [4.69, 9.17) is 0 Å². The number of hydrogen-bond donors (Lipinski definition) is 1. The van der Waals surface area contributed by atoms with E-state index in [2.05, 4.69) is 17.1 Å². The molecule has 0 aromatic heterocycles. The molecule has 2 saturated heterocycles. The van der Waals surface area contributed by atoms with Gasteiger partial charge in [-0.2, -0.15) is 0 Å². The van der Waals surface area contributed by atoms with Crippen molar-refractivity contribution in [3.8, 4) is 0 Å². The third-order valence-electron chi connectivity index (χ3n) is 7.35. The zero-order valence-corrected chi connectivity index (χ0v) is 19.7. The van der Waals surface area contributed by atoms with Gasteiger partial charge in [-0.25, -0.2) is 0 Å². The van der Waals surface area contributed by atoms with Gasteiger partial charge in [0.15, 0.2) is 0 Å². The fourth-order valence-corrected chi connectivity index (χ4v) is 5.14. The Morgan fingerprint density at radius 2 is 1.68 bits per heavy atom. The summed E-state index contributed by atoms with van der Waals surface area (Å²) >= 11 is 0. The van der Waals surface area contributed by atoms with Crippen molar-refractivity contribution in [2.24, 2.45) is 0 Å². The summed E-state index contributed by atoms with van der Waals surface area (Å²) in [7, 11) is 0. The van der Waals surface area contributed by atoms with E-state index in [1.54, 1.807) is 4.90 Å². The zero-order valence-electron chi connectivity index (χ0n) is 19.7. The Labute approximate surface area is 200 Å². The molecule has 0 atom stereocenters. The number of nitrogens with zero attached hydrogens (tertiary/aromatic N) is 3. The first kappa shape index (κ1) is 22.4. The number of benzene rings is 2. The van der Waals surface area contributed by atoms with Gasteiger partial charge in [0.2, 0.25) is 5.91 Å². The van der Waals surface area contributed by atoms with E-state index in [0.29, 0.717) is 38.2 Å². The Morgan fingerprint density at radius 1 is 1.00 bits per heavy atom. The van der Waals surface area contributed by atoms with E-state index in [1.807, 2.05) is 59.5 Å². The van der Waals surface area contributed by atoms with Crippen LogP contribution in [-0.2, 0) is 16.0 Å². The van der Waals surface area contributed by atoms with E-state index >= 15 is 0 Å². The number of nitrogens with one attached hydrogen (secondary N) is 1. The topological polar surface area (TPSA) is 73.0 Å². The number of amides is 3. The molecule has 3 amide bonds. The molecular formula is C27H32N4O3. The molecule has 1 N–H and O–H groups in total. The number of hydrogen-bond acceptors (Lipinski definition) is 4. The third kappa shape index (κ3) is 4.27. The SMILES string of the molecule is CCc1ccc(C(=O)N2CCC3(CC2)C(=O)N(CC(=O)NC2CC2)CN3c2ccccc2)cc1. The summed E-state index contributed by atoms with van der Waals surface area (Å²) in [6, 6.07) is 18.0. The number of rotatable bonds is 6. The molecule has 3 aliphatic rings. The molecule has 5 rings (SSSR count). The highest BCUT2D eigenvalue weighted by atomic mass is 16.2.